The highest BCUT2D eigenvalue weighted by molar-refractivity contribution is 7.13. The van der Waals surface area contributed by atoms with E-state index in [1.165, 1.54) is 16.9 Å². The molecule has 1 heterocycles. The number of benzene rings is 1. The summed E-state index contributed by atoms with van der Waals surface area (Å²) >= 11 is 1.37. The Morgan fingerprint density at radius 1 is 1.15 bits per heavy atom. The summed E-state index contributed by atoms with van der Waals surface area (Å²) in [6, 6.07) is 8.15. The molecule has 0 bridgehead atoms. The third kappa shape index (κ3) is 6.47. The molecule has 2 rings (SSSR count). The molecule has 0 radical (unpaired) electrons. The summed E-state index contributed by atoms with van der Waals surface area (Å²) in [7, 11) is 0. The molecular weight excluding hydrogens is 360 g/mol. The van der Waals surface area contributed by atoms with Crippen molar-refractivity contribution < 1.29 is 14.3 Å². The number of nitrogens with zero attached hydrogens (tertiary/aromatic N) is 1. The first-order chi connectivity index (χ1) is 12.7. The first kappa shape index (κ1) is 21.1. The van der Waals surface area contributed by atoms with Gasteiger partial charge in [-0.05, 0) is 25.8 Å². The van der Waals surface area contributed by atoms with Gasteiger partial charge in [-0.3, -0.25) is 4.79 Å². The minimum atomic E-state index is -0.380. The van der Waals surface area contributed by atoms with Gasteiger partial charge in [-0.2, -0.15) is 0 Å². The number of carbonyl (C=O) groups excluding carboxylic acids is 2. The molecule has 0 spiro atoms. The molecule has 5 nitrogen and oxygen atoms in total. The van der Waals surface area contributed by atoms with Gasteiger partial charge in [0.2, 0.25) is 5.91 Å². The predicted molar refractivity (Wildman–Crippen MR) is 108 cm³/mol. The van der Waals surface area contributed by atoms with Crippen LogP contribution in [0.15, 0.2) is 24.3 Å². The van der Waals surface area contributed by atoms with Crippen LogP contribution in [0.3, 0.4) is 0 Å². The van der Waals surface area contributed by atoms with Crippen LogP contribution in [0.4, 0.5) is 0 Å². The van der Waals surface area contributed by atoms with Crippen LogP contribution in [0, 0.1) is 13.8 Å². The monoisotopic (exact) mass is 388 g/mol. The van der Waals surface area contributed by atoms with Crippen LogP contribution in [-0.4, -0.2) is 30.0 Å². The minimum absolute atomic E-state index is 0.0457. The van der Waals surface area contributed by atoms with Crippen LogP contribution in [0.1, 0.15) is 58.7 Å². The Labute approximate surface area is 165 Å². The number of amides is 1. The Kier molecular flexibility index (Phi) is 7.13. The van der Waals surface area contributed by atoms with Gasteiger partial charge in [-0.15, -0.1) is 11.3 Å². The Bertz CT molecular complexity index is 789. The molecule has 1 N–H and O–H groups in total. The molecule has 0 atom stereocenters. The lowest BCUT2D eigenvalue weighted by Gasteiger charge is -2.13. The molecule has 2 aromatic rings. The number of hydrogen-bond acceptors (Lipinski definition) is 5. The Morgan fingerprint density at radius 2 is 1.81 bits per heavy atom. The highest BCUT2D eigenvalue weighted by Gasteiger charge is 2.23. The van der Waals surface area contributed by atoms with Gasteiger partial charge in [0, 0.05) is 11.8 Å². The zero-order valence-corrected chi connectivity index (χ0v) is 17.5. The third-order valence-corrected chi connectivity index (χ3v) is 5.61. The molecule has 0 aliphatic rings. The van der Waals surface area contributed by atoms with Gasteiger partial charge in [-0.1, -0.05) is 50.6 Å². The SMILES string of the molecule is Cc1ccc(CCC(=O)NCCOC(=O)c2sc(C(C)(C)C)nc2C)cc1. The number of thiazole rings is 1. The second kappa shape index (κ2) is 9.13. The van der Waals surface area contributed by atoms with Crippen molar-refractivity contribution in [2.75, 3.05) is 13.2 Å². The van der Waals surface area contributed by atoms with E-state index in [0.29, 0.717) is 30.0 Å². The summed E-state index contributed by atoms with van der Waals surface area (Å²) in [5, 5.41) is 3.70. The van der Waals surface area contributed by atoms with Gasteiger partial charge in [0.1, 0.15) is 11.5 Å². The highest BCUT2D eigenvalue weighted by atomic mass is 32.1. The molecule has 0 saturated carbocycles. The van der Waals surface area contributed by atoms with E-state index in [-0.39, 0.29) is 23.9 Å². The van der Waals surface area contributed by atoms with E-state index in [2.05, 4.69) is 31.1 Å². The summed E-state index contributed by atoms with van der Waals surface area (Å²) in [6.45, 7) is 10.5. The van der Waals surface area contributed by atoms with Crippen molar-refractivity contribution in [2.24, 2.45) is 0 Å². The Balaban J connectivity index is 1.71. The molecule has 6 heteroatoms. The van der Waals surface area contributed by atoms with Crippen LogP contribution in [-0.2, 0) is 21.4 Å². The van der Waals surface area contributed by atoms with Crippen LogP contribution >= 0.6 is 11.3 Å². The van der Waals surface area contributed by atoms with Crippen molar-refractivity contribution >= 4 is 23.2 Å². The van der Waals surface area contributed by atoms with Gasteiger partial charge >= 0.3 is 5.97 Å². The first-order valence-electron chi connectivity index (χ1n) is 9.14. The second-order valence-electron chi connectivity index (χ2n) is 7.66. The normalized spacial score (nSPS) is 11.3. The van der Waals surface area contributed by atoms with Crippen LogP contribution in [0.25, 0.3) is 0 Å². The number of ether oxygens (including phenoxy) is 1. The molecule has 0 aliphatic carbocycles. The average molecular weight is 389 g/mol. The summed E-state index contributed by atoms with van der Waals surface area (Å²) in [5.41, 5.74) is 2.93. The molecule has 0 fully saturated rings. The standard InChI is InChI=1S/C21H28N2O3S/c1-14-6-8-16(9-7-14)10-11-17(24)22-12-13-26-19(25)18-15(2)23-20(27-18)21(3,4)5/h6-9H,10-13H2,1-5H3,(H,22,24). The number of nitrogens with one attached hydrogen (secondary N) is 1. The maximum atomic E-state index is 12.2. The number of rotatable bonds is 7. The number of carbonyl (C=O) groups is 2. The topological polar surface area (TPSA) is 68.3 Å². The Morgan fingerprint density at radius 3 is 2.41 bits per heavy atom. The number of hydrogen-bond donors (Lipinski definition) is 1. The highest BCUT2D eigenvalue weighted by Crippen LogP contribution is 2.29. The summed E-state index contributed by atoms with van der Waals surface area (Å²) in [5.74, 6) is -0.426. The number of aryl methyl sites for hydroxylation is 3. The van der Waals surface area contributed by atoms with Gasteiger partial charge < -0.3 is 10.1 Å². The van der Waals surface area contributed by atoms with E-state index < -0.39 is 0 Å². The quantitative estimate of drug-likeness (QED) is 0.576. The van der Waals surface area contributed by atoms with E-state index in [1.54, 1.807) is 0 Å². The van der Waals surface area contributed by atoms with E-state index in [0.717, 1.165) is 10.6 Å². The second-order valence-corrected chi connectivity index (χ2v) is 8.65. The summed E-state index contributed by atoms with van der Waals surface area (Å²) < 4.78 is 5.28. The molecule has 1 aromatic heterocycles. The van der Waals surface area contributed by atoms with Gasteiger partial charge in [0.25, 0.3) is 0 Å². The number of esters is 1. The largest absolute Gasteiger partial charge is 0.460 e. The lowest BCUT2D eigenvalue weighted by Crippen LogP contribution is -2.28. The van der Waals surface area contributed by atoms with Crippen LogP contribution < -0.4 is 5.32 Å². The fraction of sp³-hybridized carbons (Fsp3) is 0.476. The van der Waals surface area contributed by atoms with Crippen molar-refractivity contribution in [3.05, 3.63) is 51.0 Å². The minimum Gasteiger partial charge on any atom is -0.460 e. The number of aromatic nitrogens is 1. The van der Waals surface area contributed by atoms with E-state index in [1.807, 2.05) is 38.1 Å². The smallest absolute Gasteiger partial charge is 0.350 e. The maximum absolute atomic E-state index is 12.2. The fourth-order valence-electron chi connectivity index (χ4n) is 2.41. The van der Waals surface area contributed by atoms with Gasteiger partial charge in [0.05, 0.1) is 17.2 Å². The molecular formula is C21H28N2O3S. The average Bonchev–Trinajstić information content (AvgIpc) is 3.00. The summed E-state index contributed by atoms with van der Waals surface area (Å²) in [4.78, 5) is 29.1. The van der Waals surface area contributed by atoms with E-state index in [4.69, 9.17) is 4.74 Å². The van der Waals surface area contributed by atoms with Crippen molar-refractivity contribution in [3.8, 4) is 0 Å². The molecule has 0 saturated heterocycles. The molecule has 0 aliphatic heterocycles. The third-order valence-electron chi connectivity index (χ3n) is 4.04. The van der Waals surface area contributed by atoms with Gasteiger partial charge in [-0.25, -0.2) is 9.78 Å². The maximum Gasteiger partial charge on any atom is 0.350 e. The first-order valence-corrected chi connectivity index (χ1v) is 9.96. The van der Waals surface area contributed by atoms with E-state index >= 15 is 0 Å². The Hall–Kier alpha value is -2.21. The lowest BCUT2D eigenvalue weighted by atomic mass is 9.98. The molecule has 0 unspecified atom stereocenters. The molecule has 27 heavy (non-hydrogen) atoms. The van der Waals surface area contributed by atoms with Crippen molar-refractivity contribution in [3.63, 3.8) is 0 Å². The lowest BCUT2D eigenvalue weighted by molar-refractivity contribution is -0.121. The zero-order chi connectivity index (χ0) is 20.0. The van der Waals surface area contributed by atoms with Crippen molar-refractivity contribution in [1.29, 1.82) is 0 Å². The fourth-order valence-corrected chi connectivity index (χ4v) is 3.43. The van der Waals surface area contributed by atoms with Crippen molar-refractivity contribution in [2.45, 2.75) is 52.9 Å². The van der Waals surface area contributed by atoms with Crippen molar-refractivity contribution in [1.82, 2.24) is 10.3 Å². The predicted octanol–water partition coefficient (Wildman–Crippen LogP) is 3.96. The van der Waals surface area contributed by atoms with Crippen LogP contribution in [0.2, 0.25) is 0 Å². The molecule has 1 amide bonds. The molecule has 146 valence electrons. The van der Waals surface area contributed by atoms with Gasteiger partial charge in [0.15, 0.2) is 0 Å². The zero-order valence-electron chi connectivity index (χ0n) is 16.7. The molecule has 1 aromatic carbocycles. The van der Waals surface area contributed by atoms with E-state index in [9.17, 15) is 9.59 Å². The van der Waals surface area contributed by atoms with Crippen LogP contribution in [0.5, 0.6) is 0 Å². The summed E-state index contributed by atoms with van der Waals surface area (Å²) in [6.07, 6.45) is 1.11.